The lowest BCUT2D eigenvalue weighted by molar-refractivity contribution is 0.170. The summed E-state index contributed by atoms with van der Waals surface area (Å²) >= 11 is 1.88. The van der Waals surface area contributed by atoms with Crippen molar-refractivity contribution < 1.29 is 0 Å². The summed E-state index contributed by atoms with van der Waals surface area (Å²) in [7, 11) is 0. The molecular weight excluding hydrogens is 292 g/mol. The predicted octanol–water partition coefficient (Wildman–Crippen LogP) is 1.61. The van der Waals surface area contributed by atoms with Crippen LogP contribution in [0, 0.1) is 0 Å². The Morgan fingerprint density at radius 2 is 2.15 bits per heavy atom. The third kappa shape index (κ3) is 3.92. The van der Waals surface area contributed by atoms with Gasteiger partial charge in [0.1, 0.15) is 5.01 Å². The number of halogens is 1. The molecule has 114 valence electrons. The van der Waals surface area contributed by atoms with Crippen LogP contribution in [0.3, 0.4) is 0 Å². The van der Waals surface area contributed by atoms with Crippen molar-refractivity contribution >= 4 is 23.7 Å². The third-order valence-electron chi connectivity index (χ3n) is 4.22. The van der Waals surface area contributed by atoms with Gasteiger partial charge in [-0.25, -0.2) is 4.98 Å². The van der Waals surface area contributed by atoms with Crippen LogP contribution < -0.4 is 5.32 Å². The molecule has 0 aromatic carbocycles. The molecule has 2 fully saturated rings. The standard InChI is InChI=1S/C14H24N4S.ClH/c1-2-13-9-16-14(19-13)11-17-6-3-12(10-17)18-7-4-15-5-8-18;/h9,12,15H,2-8,10-11H2,1H3;1H. The molecule has 4 nitrogen and oxygen atoms in total. The van der Waals surface area contributed by atoms with E-state index in [4.69, 9.17) is 0 Å². The highest BCUT2D eigenvalue weighted by molar-refractivity contribution is 7.11. The Hall–Kier alpha value is -0.200. The maximum absolute atomic E-state index is 4.54. The van der Waals surface area contributed by atoms with Crippen molar-refractivity contribution in [2.75, 3.05) is 39.3 Å². The zero-order valence-corrected chi connectivity index (χ0v) is 13.8. The Morgan fingerprint density at radius 1 is 1.35 bits per heavy atom. The molecule has 0 bridgehead atoms. The van der Waals surface area contributed by atoms with E-state index in [-0.39, 0.29) is 12.4 Å². The molecule has 1 N–H and O–H groups in total. The Bertz CT molecular complexity index is 406. The van der Waals surface area contributed by atoms with Gasteiger partial charge >= 0.3 is 0 Å². The topological polar surface area (TPSA) is 31.4 Å². The minimum absolute atomic E-state index is 0. The predicted molar refractivity (Wildman–Crippen MR) is 86.9 cm³/mol. The molecule has 1 aromatic heterocycles. The first-order chi connectivity index (χ1) is 9.35. The quantitative estimate of drug-likeness (QED) is 0.914. The van der Waals surface area contributed by atoms with Gasteiger partial charge in [-0.1, -0.05) is 6.92 Å². The van der Waals surface area contributed by atoms with Gasteiger partial charge in [0.15, 0.2) is 0 Å². The van der Waals surface area contributed by atoms with Crippen LogP contribution in [0.2, 0.25) is 0 Å². The Kier molecular flexibility index (Phi) is 6.23. The van der Waals surface area contributed by atoms with E-state index >= 15 is 0 Å². The van der Waals surface area contributed by atoms with Crippen molar-refractivity contribution in [2.45, 2.75) is 32.4 Å². The molecule has 3 rings (SSSR count). The monoisotopic (exact) mass is 316 g/mol. The first-order valence-corrected chi connectivity index (χ1v) is 8.27. The molecule has 1 unspecified atom stereocenters. The maximum Gasteiger partial charge on any atom is 0.107 e. The summed E-state index contributed by atoms with van der Waals surface area (Å²) in [5.74, 6) is 0. The lowest BCUT2D eigenvalue weighted by atomic mass is 10.2. The van der Waals surface area contributed by atoms with Crippen LogP contribution in [0.1, 0.15) is 23.2 Å². The molecule has 20 heavy (non-hydrogen) atoms. The fourth-order valence-electron chi connectivity index (χ4n) is 3.08. The molecule has 2 aliphatic heterocycles. The van der Waals surface area contributed by atoms with Gasteiger partial charge in [-0.3, -0.25) is 9.80 Å². The smallest absolute Gasteiger partial charge is 0.107 e. The largest absolute Gasteiger partial charge is 0.314 e. The molecule has 3 heterocycles. The van der Waals surface area contributed by atoms with Crippen LogP contribution >= 0.6 is 23.7 Å². The highest BCUT2D eigenvalue weighted by Crippen LogP contribution is 2.21. The highest BCUT2D eigenvalue weighted by atomic mass is 35.5. The second kappa shape index (κ2) is 7.71. The number of thiazole rings is 1. The summed E-state index contributed by atoms with van der Waals surface area (Å²) in [5.41, 5.74) is 0. The van der Waals surface area contributed by atoms with Gasteiger partial charge in [-0.2, -0.15) is 0 Å². The van der Waals surface area contributed by atoms with E-state index in [1.165, 1.54) is 42.5 Å². The molecule has 1 aromatic rings. The molecule has 1 atom stereocenters. The molecular formula is C14H25ClN4S. The van der Waals surface area contributed by atoms with Crippen molar-refractivity contribution in [1.82, 2.24) is 20.1 Å². The van der Waals surface area contributed by atoms with Gasteiger partial charge in [0.2, 0.25) is 0 Å². The molecule has 2 saturated heterocycles. The van der Waals surface area contributed by atoms with Crippen LogP contribution in [0.5, 0.6) is 0 Å². The van der Waals surface area contributed by atoms with Crippen molar-refractivity contribution in [3.63, 3.8) is 0 Å². The van der Waals surface area contributed by atoms with Gasteiger partial charge < -0.3 is 5.32 Å². The van der Waals surface area contributed by atoms with Crippen molar-refractivity contribution in [3.8, 4) is 0 Å². The lowest BCUT2D eigenvalue weighted by Crippen LogP contribution is -2.49. The lowest BCUT2D eigenvalue weighted by Gasteiger charge is -2.32. The highest BCUT2D eigenvalue weighted by Gasteiger charge is 2.28. The summed E-state index contributed by atoms with van der Waals surface area (Å²) in [6, 6.07) is 0.771. The van der Waals surface area contributed by atoms with Crippen molar-refractivity contribution in [2.24, 2.45) is 0 Å². The number of aryl methyl sites for hydroxylation is 1. The second-order valence-corrected chi connectivity index (χ2v) is 6.74. The van der Waals surface area contributed by atoms with E-state index in [1.54, 1.807) is 0 Å². The molecule has 0 aliphatic carbocycles. The van der Waals surface area contributed by atoms with Crippen LogP contribution in [-0.2, 0) is 13.0 Å². The molecule has 2 aliphatic rings. The van der Waals surface area contributed by atoms with Gasteiger partial charge in [0, 0.05) is 56.4 Å². The SMILES string of the molecule is CCc1cnc(CN2CCC(N3CCNCC3)C2)s1.Cl. The number of nitrogens with zero attached hydrogens (tertiary/aromatic N) is 3. The molecule has 0 spiro atoms. The number of aromatic nitrogens is 1. The van der Waals surface area contributed by atoms with E-state index in [2.05, 4.69) is 27.0 Å². The third-order valence-corrected chi connectivity index (χ3v) is 5.35. The molecule has 0 amide bonds. The average Bonchev–Trinajstić information content (AvgIpc) is 3.09. The maximum atomic E-state index is 4.54. The first-order valence-electron chi connectivity index (χ1n) is 7.46. The number of hydrogen-bond acceptors (Lipinski definition) is 5. The van der Waals surface area contributed by atoms with Gasteiger partial charge in [0.05, 0.1) is 6.54 Å². The molecule has 0 radical (unpaired) electrons. The number of hydrogen-bond donors (Lipinski definition) is 1. The van der Waals surface area contributed by atoms with Crippen LogP contribution in [0.25, 0.3) is 0 Å². The van der Waals surface area contributed by atoms with E-state index in [0.29, 0.717) is 0 Å². The minimum Gasteiger partial charge on any atom is -0.314 e. The van der Waals surface area contributed by atoms with Crippen molar-refractivity contribution in [3.05, 3.63) is 16.1 Å². The fourth-order valence-corrected chi connectivity index (χ4v) is 3.98. The van der Waals surface area contributed by atoms with Gasteiger partial charge in [-0.05, 0) is 12.8 Å². The normalized spacial score (nSPS) is 24.8. The summed E-state index contributed by atoms with van der Waals surface area (Å²) in [6.07, 6.45) is 4.48. The van der Waals surface area contributed by atoms with E-state index in [0.717, 1.165) is 32.1 Å². The number of likely N-dealkylation sites (tertiary alicyclic amines) is 1. The minimum atomic E-state index is 0. The number of nitrogens with one attached hydrogen (secondary N) is 1. The fraction of sp³-hybridized carbons (Fsp3) is 0.786. The molecule has 6 heteroatoms. The van der Waals surface area contributed by atoms with E-state index < -0.39 is 0 Å². The van der Waals surface area contributed by atoms with E-state index in [1.807, 2.05) is 17.5 Å². The Morgan fingerprint density at radius 3 is 2.85 bits per heavy atom. The second-order valence-electron chi connectivity index (χ2n) is 5.54. The summed E-state index contributed by atoms with van der Waals surface area (Å²) in [6.45, 7) is 10.5. The zero-order chi connectivity index (χ0) is 13.1. The van der Waals surface area contributed by atoms with Gasteiger partial charge in [-0.15, -0.1) is 23.7 Å². The Labute approximate surface area is 132 Å². The van der Waals surface area contributed by atoms with Crippen LogP contribution in [0.4, 0.5) is 0 Å². The van der Waals surface area contributed by atoms with Gasteiger partial charge in [0.25, 0.3) is 0 Å². The van der Waals surface area contributed by atoms with Crippen LogP contribution in [0.15, 0.2) is 6.20 Å². The van der Waals surface area contributed by atoms with E-state index in [9.17, 15) is 0 Å². The van der Waals surface area contributed by atoms with Crippen molar-refractivity contribution in [1.29, 1.82) is 0 Å². The van der Waals surface area contributed by atoms with Crippen LogP contribution in [-0.4, -0.2) is 60.1 Å². The summed E-state index contributed by atoms with van der Waals surface area (Å²) in [4.78, 5) is 11.2. The number of rotatable bonds is 4. The first kappa shape index (κ1) is 16.2. The zero-order valence-electron chi connectivity index (χ0n) is 12.2. The summed E-state index contributed by atoms with van der Waals surface area (Å²) < 4.78 is 0. The average molecular weight is 317 g/mol. The Balaban J connectivity index is 0.00000147. The molecule has 0 saturated carbocycles. The summed E-state index contributed by atoms with van der Waals surface area (Å²) in [5, 5.41) is 4.72. The number of piperazine rings is 1.